The maximum atomic E-state index is 11.0. The van der Waals surface area contributed by atoms with Crippen molar-refractivity contribution in [3.05, 3.63) is 35.9 Å². The second kappa shape index (κ2) is 6.69. The van der Waals surface area contributed by atoms with Crippen molar-refractivity contribution in [2.45, 2.75) is 63.8 Å². The lowest BCUT2D eigenvalue weighted by Gasteiger charge is -2.52. The van der Waals surface area contributed by atoms with Crippen LogP contribution in [0.3, 0.4) is 0 Å². The highest BCUT2D eigenvalue weighted by molar-refractivity contribution is 5.15. The summed E-state index contributed by atoms with van der Waals surface area (Å²) >= 11 is 0. The fraction of sp³-hybridized carbons (Fsp3) is 0.684. The van der Waals surface area contributed by atoms with Gasteiger partial charge in [-0.1, -0.05) is 44.2 Å². The van der Waals surface area contributed by atoms with E-state index in [1.807, 2.05) is 0 Å². The van der Waals surface area contributed by atoms with Gasteiger partial charge in [0.2, 0.25) is 0 Å². The first-order valence-electron chi connectivity index (χ1n) is 8.65. The van der Waals surface area contributed by atoms with Crippen LogP contribution in [0, 0.1) is 5.92 Å². The highest BCUT2D eigenvalue weighted by Gasteiger charge is 2.45. The molecule has 3 rings (SSSR count). The van der Waals surface area contributed by atoms with Gasteiger partial charge in [-0.25, -0.2) is 0 Å². The Hall–Kier alpha value is -0.900. The summed E-state index contributed by atoms with van der Waals surface area (Å²) in [7, 11) is 0. The van der Waals surface area contributed by atoms with Crippen molar-refractivity contribution < 1.29 is 9.84 Å². The molecule has 0 aliphatic carbocycles. The zero-order valence-corrected chi connectivity index (χ0v) is 13.9. The van der Waals surface area contributed by atoms with Gasteiger partial charge in [0.05, 0.1) is 18.8 Å². The monoisotopic (exact) mass is 303 g/mol. The molecule has 2 fully saturated rings. The minimum atomic E-state index is -0.490. The van der Waals surface area contributed by atoms with Crippen LogP contribution in [-0.4, -0.2) is 40.9 Å². The number of benzene rings is 1. The topological polar surface area (TPSA) is 32.7 Å². The Morgan fingerprint density at radius 2 is 1.82 bits per heavy atom. The number of rotatable bonds is 5. The van der Waals surface area contributed by atoms with Gasteiger partial charge in [0.25, 0.3) is 0 Å². The summed E-state index contributed by atoms with van der Waals surface area (Å²) < 4.78 is 5.77. The van der Waals surface area contributed by atoms with Gasteiger partial charge < -0.3 is 9.84 Å². The second-order valence-corrected chi connectivity index (χ2v) is 7.57. The van der Waals surface area contributed by atoms with Gasteiger partial charge in [0, 0.05) is 18.6 Å². The van der Waals surface area contributed by atoms with E-state index in [-0.39, 0.29) is 0 Å². The van der Waals surface area contributed by atoms with Gasteiger partial charge in [0.15, 0.2) is 0 Å². The van der Waals surface area contributed by atoms with Crippen LogP contribution in [0.4, 0.5) is 0 Å². The minimum absolute atomic E-state index is 0.352. The smallest absolute Gasteiger partial charge is 0.0679 e. The van der Waals surface area contributed by atoms with Gasteiger partial charge in [0.1, 0.15) is 0 Å². The number of nitrogens with zero attached hydrogens (tertiary/aromatic N) is 1. The maximum Gasteiger partial charge on any atom is 0.0679 e. The lowest BCUT2D eigenvalue weighted by molar-refractivity contribution is -0.149. The normalized spacial score (nSPS) is 32.4. The van der Waals surface area contributed by atoms with Gasteiger partial charge in [-0.15, -0.1) is 0 Å². The van der Waals surface area contributed by atoms with Gasteiger partial charge in [-0.2, -0.15) is 0 Å². The molecule has 3 nitrogen and oxygen atoms in total. The van der Waals surface area contributed by atoms with Gasteiger partial charge >= 0.3 is 0 Å². The zero-order valence-electron chi connectivity index (χ0n) is 13.9. The Labute approximate surface area is 134 Å². The molecule has 0 amide bonds. The lowest BCUT2D eigenvalue weighted by Crippen LogP contribution is -2.61. The molecule has 0 radical (unpaired) electrons. The molecule has 1 aromatic carbocycles. The van der Waals surface area contributed by atoms with Crippen LogP contribution in [0.5, 0.6) is 0 Å². The number of ether oxygens (including phenoxy) is 1. The van der Waals surface area contributed by atoms with Crippen molar-refractivity contribution in [2.75, 3.05) is 13.2 Å². The van der Waals surface area contributed by atoms with Gasteiger partial charge in [-0.05, 0) is 37.2 Å². The molecule has 2 heterocycles. The first kappa shape index (κ1) is 16.0. The van der Waals surface area contributed by atoms with Crippen molar-refractivity contribution in [3.63, 3.8) is 0 Å². The molecule has 122 valence electrons. The zero-order chi connectivity index (χ0) is 15.6. The molecule has 3 heteroatoms. The summed E-state index contributed by atoms with van der Waals surface area (Å²) in [6.45, 7) is 6.95. The van der Waals surface area contributed by atoms with Crippen LogP contribution < -0.4 is 0 Å². The van der Waals surface area contributed by atoms with Crippen LogP contribution in [0.2, 0.25) is 0 Å². The maximum absolute atomic E-state index is 11.0. The standard InChI is InChI=1S/C19H29NO2/c1-15(2)8-9-19(21)10-17-13-22-14-18(11-19)20(17)12-16-6-4-3-5-7-16/h3-7,15,17-18,21H,8-14H2,1-2H3. The molecule has 1 aromatic rings. The summed E-state index contributed by atoms with van der Waals surface area (Å²) in [5.74, 6) is 0.655. The Kier molecular flexibility index (Phi) is 4.86. The molecular weight excluding hydrogens is 274 g/mol. The Balaban J connectivity index is 1.68. The number of aliphatic hydroxyl groups is 1. The molecule has 0 spiro atoms. The summed E-state index contributed by atoms with van der Waals surface area (Å²) in [5, 5.41) is 11.0. The highest BCUT2D eigenvalue weighted by atomic mass is 16.5. The summed E-state index contributed by atoms with van der Waals surface area (Å²) in [4.78, 5) is 2.56. The van der Waals surface area contributed by atoms with Crippen LogP contribution in [0.25, 0.3) is 0 Å². The van der Waals surface area contributed by atoms with Crippen LogP contribution in [0.1, 0.15) is 45.1 Å². The number of hydrogen-bond acceptors (Lipinski definition) is 3. The van der Waals surface area contributed by atoms with E-state index in [4.69, 9.17) is 4.74 Å². The Bertz CT molecular complexity index is 460. The second-order valence-electron chi connectivity index (χ2n) is 7.57. The predicted molar refractivity (Wildman–Crippen MR) is 88.6 cm³/mol. The molecule has 0 aromatic heterocycles. The van der Waals surface area contributed by atoms with Crippen molar-refractivity contribution in [1.29, 1.82) is 0 Å². The average Bonchev–Trinajstić information content (AvgIpc) is 2.48. The van der Waals surface area contributed by atoms with Crippen molar-refractivity contribution in [1.82, 2.24) is 4.90 Å². The molecule has 2 saturated heterocycles. The fourth-order valence-corrected chi connectivity index (χ4v) is 3.96. The molecule has 2 bridgehead atoms. The number of hydrogen-bond donors (Lipinski definition) is 1. The van der Waals surface area contributed by atoms with Crippen molar-refractivity contribution >= 4 is 0 Å². The SMILES string of the molecule is CC(C)CCC1(O)CC2COCC(C1)N2Cc1ccccc1. The molecule has 2 atom stereocenters. The molecule has 22 heavy (non-hydrogen) atoms. The van der Waals surface area contributed by atoms with Crippen LogP contribution in [-0.2, 0) is 11.3 Å². The lowest BCUT2D eigenvalue weighted by atomic mass is 9.77. The molecule has 2 aliphatic heterocycles. The Morgan fingerprint density at radius 3 is 2.41 bits per heavy atom. The van der Waals surface area contributed by atoms with E-state index in [0.717, 1.165) is 45.4 Å². The highest BCUT2D eigenvalue weighted by Crippen LogP contribution is 2.38. The van der Waals surface area contributed by atoms with E-state index < -0.39 is 5.60 Å². The predicted octanol–water partition coefficient (Wildman–Crippen LogP) is 3.22. The minimum Gasteiger partial charge on any atom is -0.390 e. The van der Waals surface area contributed by atoms with Crippen LogP contribution in [0.15, 0.2) is 30.3 Å². The number of fused-ring (bicyclic) bond motifs is 2. The summed E-state index contributed by atoms with van der Waals surface area (Å²) in [5.41, 5.74) is 0.864. The molecular formula is C19H29NO2. The van der Waals surface area contributed by atoms with E-state index in [1.54, 1.807) is 0 Å². The van der Waals surface area contributed by atoms with Crippen molar-refractivity contribution in [2.24, 2.45) is 5.92 Å². The number of morpholine rings is 1. The van der Waals surface area contributed by atoms with E-state index in [2.05, 4.69) is 49.1 Å². The van der Waals surface area contributed by atoms with E-state index in [1.165, 1.54) is 5.56 Å². The largest absolute Gasteiger partial charge is 0.390 e. The van der Waals surface area contributed by atoms with E-state index in [9.17, 15) is 5.11 Å². The first-order chi connectivity index (χ1) is 10.6. The summed E-state index contributed by atoms with van der Waals surface area (Å²) in [6, 6.07) is 11.4. The number of piperidine rings is 1. The first-order valence-corrected chi connectivity index (χ1v) is 8.65. The van der Waals surface area contributed by atoms with E-state index in [0.29, 0.717) is 18.0 Å². The quantitative estimate of drug-likeness (QED) is 0.906. The van der Waals surface area contributed by atoms with Gasteiger partial charge in [-0.3, -0.25) is 4.90 Å². The van der Waals surface area contributed by atoms with E-state index >= 15 is 0 Å². The molecule has 2 aliphatic rings. The van der Waals surface area contributed by atoms with Crippen molar-refractivity contribution in [3.8, 4) is 0 Å². The average molecular weight is 303 g/mol. The fourth-order valence-electron chi connectivity index (χ4n) is 3.96. The Morgan fingerprint density at radius 1 is 1.18 bits per heavy atom. The third kappa shape index (κ3) is 3.70. The van der Waals surface area contributed by atoms with Crippen LogP contribution >= 0.6 is 0 Å². The summed E-state index contributed by atoms with van der Waals surface area (Å²) in [6.07, 6.45) is 3.73. The third-order valence-electron chi connectivity index (χ3n) is 5.18. The molecule has 1 N–H and O–H groups in total. The molecule has 2 unspecified atom stereocenters. The third-order valence-corrected chi connectivity index (χ3v) is 5.18. The molecule has 0 saturated carbocycles.